The number of ether oxygens (including phenoxy) is 2. The molecule has 4 aromatic carbocycles. The highest BCUT2D eigenvalue weighted by molar-refractivity contribution is 6.35. The van der Waals surface area contributed by atoms with E-state index in [-0.39, 0.29) is 11.3 Å². The summed E-state index contributed by atoms with van der Waals surface area (Å²) in [6.07, 6.45) is 2.12. The molecule has 0 bridgehead atoms. The van der Waals surface area contributed by atoms with Gasteiger partial charge in [0.2, 0.25) is 0 Å². The zero-order chi connectivity index (χ0) is 31.4. The van der Waals surface area contributed by atoms with Crippen molar-refractivity contribution in [1.29, 1.82) is 0 Å². The molecule has 2 heterocycles. The highest BCUT2D eigenvalue weighted by Crippen LogP contribution is 2.42. The third-order valence-electron chi connectivity index (χ3n) is 9.22. The Kier molecular flexibility index (Phi) is 9.55. The first-order chi connectivity index (χ1) is 21.9. The highest BCUT2D eigenvalue weighted by Gasteiger charge is 2.39. The molecule has 0 aliphatic carbocycles. The average molecular weight is 645 g/mol. The molecule has 2 aliphatic rings. The molecule has 8 heteroatoms. The van der Waals surface area contributed by atoms with E-state index in [4.69, 9.17) is 32.7 Å². The minimum Gasteiger partial charge on any atom is -0.497 e. The van der Waals surface area contributed by atoms with Crippen LogP contribution in [-0.4, -0.2) is 69.2 Å². The van der Waals surface area contributed by atoms with E-state index in [1.807, 2.05) is 29.2 Å². The van der Waals surface area contributed by atoms with Gasteiger partial charge in [-0.15, -0.1) is 0 Å². The molecule has 0 atom stereocenters. The SMILES string of the molecule is COc1ccc(C2(c3ccc(OC)cc3)CCCN(Cc3cccc(C(=O)N4CCN(c5cc(Cl)cc(Cl)c5)CC4)c3)C2)cc1. The summed E-state index contributed by atoms with van der Waals surface area (Å²) in [5.74, 6) is 1.78. The summed E-state index contributed by atoms with van der Waals surface area (Å²) >= 11 is 12.5. The van der Waals surface area contributed by atoms with Crippen molar-refractivity contribution in [3.63, 3.8) is 0 Å². The predicted octanol–water partition coefficient (Wildman–Crippen LogP) is 7.56. The van der Waals surface area contributed by atoms with Gasteiger partial charge < -0.3 is 19.3 Å². The number of nitrogens with zero attached hydrogens (tertiary/aromatic N) is 3. The number of likely N-dealkylation sites (tertiary alicyclic amines) is 1. The molecule has 2 aliphatic heterocycles. The number of piperazine rings is 1. The summed E-state index contributed by atoms with van der Waals surface area (Å²) in [7, 11) is 3.40. The Morgan fingerprint density at radius 1 is 0.756 bits per heavy atom. The number of halogens is 2. The van der Waals surface area contributed by atoms with Crippen LogP contribution < -0.4 is 14.4 Å². The molecule has 0 N–H and O–H groups in total. The fourth-order valence-corrected chi connectivity index (χ4v) is 7.38. The molecule has 4 aromatic rings. The smallest absolute Gasteiger partial charge is 0.253 e. The van der Waals surface area contributed by atoms with Gasteiger partial charge >= 0.3 is 0 Å². The van der Waals surface area contributed by atoms with Crippen LogP contribution in [-0.2, 0) is 12.0 Å². The van der Waals surface area contributed by atoms with Crippen molar-refractivity contribution in [2.75, 3.05) is 58.4 Å². The number of rotatable bonds is 8. The van der Waals surface area contributed by atoms with Crippen LogP contribution in [0.4, 0.5) is 5.69 Å². The molecule has 6 nitrogen and oxygen atoms in total. The summed E-state index contributed by atoms with van der Waals surface area (Å²) in [5, 5.41) is 1.23. The Bertz CT molecular complexity index is 1550. The van der Waals surface area contributed by atoms with Crippen molar-refractivity contribution in [2.45, 2.75) is 24.8 Å². The molecule has 2 fully saturated rings. The first kappa shape index (κ1) is 31.3. The number of methoxy groups -OCH3 is 2. The summed E-state index contributed by atoms with van der Waals surface area (Å²) in [6, 6.07) is 30.8. The van der Waals surface area contributed by atoms with Crippen LogP contribution in [0.25, 0.3) is 0 Å². The van der Waals surface area contributed by atoms with Crippen molar-refractivity contribution in [2.24, 2.45) is 0 Å². The Morgan fingerprint density at radius 2 is 1.36 bits per heavy atom. The first-order valence-electron chi connectivity index (χ1n) is 15.5. The molecule has 2 saturated heterocycles. The van der Waals surface area contributed by atoms with Gasteiger partial charge in [0.05, 0.1) is 14.2 Å². The Morgan fingerprint density at radius 3 is 1.93 bits per heavy atom. The topological polar surface area (TPSA) is 45.3 Å². The third kappa shape index (κ3) is 6.94. The van der Waals surface area contributed by atoms with Gasteiger partial charge in [0.15, 0.2) is 0 Å². The quantitative estimate of drug-likeness (QED) is 0.198. The lowest BCUT2D eigenvalue weighted by Gasteiger charge is -2.44. The standard InChI is InChI=1S/C37H39Cl2N3O3/c1-44-34-11-7-29(8-12-34)37(30-9-13-35(45-2)14-10-30)15-4-16-40(26-37)25-27-5-3-6-28(21-27)36(43)42-19-17-41(18-20-42)33-23-31(38)22-32(39)24-33/h3,5-14,21-24H,4,15-20,25-26H2,1-2H3. The lowest BCUT2D eigenvalue weighted by Crippen LogP contribution is -2.48. The Balaban J connectivity index is 1.17. The predicted molar refractivity (Wildman–Crippen MR) is 182 cm³/mol. The van der Waals surface area contributed by atoms with Gasteiger partial charge in [-0.1, -0.05) is 59.6 Å². The van der Waals surface area contributed by atoms with E-state index in [9.17, 15) is 4.79 Å². The van der Waals surface area contributed by atoms with Crippen LogP contribution in [0.15, 0.2) is 91.0 Å². The van der Waals surface area contributed by atoms with E-state index in [2.05, 4.69) is 70.5 Å². The fourth-order valence-electron chi connectivity index (χ4n) is 6.87. The first-order valence-corrected chi connectivity index (χ1v) is 16.2. The molecule has 45 heavy (non-hydrogen) atoms. The fraction of sp³-hybridized carbons (Fsp3) is 0.324. The largest absolute Gasteiger partial charge is 0.497 e. The molecule has 234 valence electrons. The zero-order valence-electron chi connectivity index (χ0n) is 25.8. The van der Waals surface area contributed by atoms with Crippen molar-refractivity contribution in [3.05, 3.63) is 123 Å². The summed E-state index contributed by atoms with van der Waals surface area (Å²) in [4.78, 5) is 20.3. The molecule has 0 spiro atoms. The van der Waals surface area contributed by atoms with Gasteiger partial charge in [-0.05, 0) is 90.7 Å². The van der Waals surface area contributed by atoms with Gasteiger partial charge in [-0.2, -0.15) is 0 Å². The number of amides is 1. The summed E-state index contributed by atoms with van der Waals surface area (Å²) in [6.45, 7) is 5.40. The van der Waals surface area contributed by atoms with E-state index < -0.39 is 0 Å². The van der Waals surface area contributed by atoms with Crippen LogP contribution in [0, 0.1) is 0 Å². The van der Waals surface area contributed by atoms with Gasteiger partial charge in [0, 0.05) is 66.0 Å². The number of benzene rings is 4. The van der Waals surface area contributed by atoms with Crippen LogP contribution >= 0.6 is 23.2 Å². The maximum atomic E-state index is 13.6. The molecule has 0 radical (unpaired) electrons. The summed E-state index contributed by atoms with van der Waals surface area (Å²) < 4.78 is 10.9. The second kappa shape index (κ2) is 13.7. The van der Waals surface area contributed by atoms with E-state index in [1.165, 1.54) is 11.1 Å². The number of carbonyl (C=O) groups excluding carboxylic acids is 1. The summed E-state index contributed by atoms with van der Waals surface area (Å²) in [5.41, 5.74) is 5.26. The molecular weight excluding hydrogens is 605 g/mol. The van der Waals surface area contributed by atoms with Crippen LogP contribution in [0.2, 0.25) is 10.0 Å². The number of carbonyl (C=O) groups is 1. The minimum atomic E-state index is -0.170. The molecule has 1 amide bonds. The lowest BCUT2D eigenvalue weighted by atomic mass is 9.69. The Labute approximate surface area is 276 Å². The van der Waals surface area contributed by atoms with Gasteiger partial charge in [-0.25, -0.2) is 0 Å². The van der Waals surface area contributed by atoms with E-state index in [0.717, 1.165) is 73.9 Å². The van der Waals surface area contributed by atoms with Crippen molar-refractivity contribution >= 4 is 34.8 Å². The third-order valence-corrected chi connectivity index (χ3v) is 9.65. The number of hydrogen-bond donors (Lipinski definition) is 0. The number of hydrogen-bond acceptors (Lipinski definition) is 5. The zero-order valence-corrected chi connectivity index (χ0v) is 27.4. The van der Waals surface area contributed by atoms with Crippen molar-refractivity contribution in [1.82, 2.24) is 9.80 Å². The maximum absolute atomic E-state index is 13.6. The van der Waals surface area contributed by atoms with E-state index >= 15 is 0 Å². The van der Waals surface area contributed by atoms with Gasteiger partial charge in [0.25, 0.3) is 5.91 Å². The molecule has 0 saturated carbocycles. The number of anilines is 1. The van der Waals surface area contributed by atoms with Crippen LogP contribution in [0.1, 0.15) is 39.9 Å². The van der Waals surface area contributed by atoms with Gasteiger partial charge in [-0.3, -0.25) is 9.69 Å². The lowest BCUT2D eigenvalue weighted by molar-refractivity contribution is 0.0746. The maximum Gasteiger partial charge on any atom is 0.253 e. The second-order valence-corrected chi connectivity index (χ2v) is 12.8. The molecule has 6 rings (SSSR count). The van der Waals surface area contributed by atoms with Crippen LogP contribution in [0.5, 0.6) is 11.5 Å². The highest BCUT2D eigenvalue weighted by atomic mass is 35.5. The normalized spacial score (nSPS) is 16.8. The van der Waals surface area contributed by atoms with Crippen molar-refractivity contribution in [3.8, 4) is 11.5 Å². The Hall–Kier alpha value is -3.71. The van der Waals surface area contributed by atoms with E-state index in [0.29, 0.717) is 23.1 Å². The van der Waals surface area contributed by atoms with E-state index in [1.54, 1.807) is 20.3 Å². The van der Waals surface area contributed by atoms with Gasteiger partial charge in [0.1, 0.15) is 11.5 Å². The van der Waals surface area contributed by atoms with Crippen molar-refractivity contribution < 1.29 is 14.3 Å². The monoisotopic (exact) mass is 643 g/mol. The molecule has 0 unspecified atom stereocenters. The average Bonchev–Trinajstić information content (AvgIpc) is 3.08. The second-order valence-electron chi connectivity index (χ2n) is 12.0. The molecular formula is C37H39Cl2N3O3. The molecule has 0 aromatic heterocycles. The van der Waals surface area contributed by atoms with Crippen LogP contribution in [0.3, 0.4) is 0 Å². The number of piperidine rings is 1. The minimum absolute atomic E-state index is 0.0742.